The highest BCUT2D eigenvalue weighted by molar-refractivity contribution is 7.22. The first-order valence-corrected chi connectivity index (χ1v) is 13.6. The Bertz CT molecular complexity index is 1060. The molecule has 2 amide bonds. The average molecular weight is 393 g/mol. The monoisotopic (exact) mass is 392 g/mol. The predicted octanol–water partition coefficient (Wildman–Crippen LogP) is 3.84. The first-order chi connectivity index (χ1) is 12.8. The second-order valence-corrected chi connectivity index (χ2v) is 14.4. The third-order valence-electron chi connectivity index (χ3n) is 5.62. The van der Waals surface area contributed by atoms with Crippen molar-refractivity contribution in [3.63, 3.8) is 0 Å². The smallest absolute Gasteiger partial charge is 0.240 e. The first-order valence-electron chi connectivity index (χ1n) is 9.32. The van der Waals surface area contributed by atoms with E-state index in [9.17, 15) is 9.59 Å². The van der Waals surface area contributed by atoms with E-state index in [1.807, 2.05) is 18.2 Å². The van der Waals surface area contributed by atoms with Crippen LogP contribution in [0.2, 0.25) is 19.6 Å². The van der Waals surface area contributed by atoms with E-state index >= 15 is 0 Å². The molecule has 2 fully saturated rings. The molecule has 0 N–H and O–H groups in total. The highest BCUT2D eigenvalue weighted by Crippen LogP contribution is 2.53. The fourth-order valence-corrected chi connectivity index (χ4v) is 5.97. The van der Waals surface area contributed by atoms with E-state index in [4.69, 9.17) is 0 Å². The van der Waals surface area contributed by atoms with E-state index in [1.165, 1.54) is 16.2 Å². The lowest BCUT2D eigenvalue weighted by atomic mass is 9.85. The summed E-state index contributed by atoms with van der Waals surface area (Å²) in [7, 11) is -1.44. The fourth-order valence-electron chi connectivity index (χ4n) is 4.44. The van der Waals surface area contributed by atoms with Gasteiger partial charge in [-0.25, -0.2) is 9.88 Å². The number of benzene rings is 1. The summed E-state index contributed by atoms with van der Waals surface area (Å²) in [4.78, 5) is 31.9. The minimum Gasteiger partial charge on any atom is -0.274 e. The molecule has 4 atom stereocenters. The summed E-state index contributed by atoms with van der Waals surface area (Å²) in [5.74, 6) is 3.20. The van der Waals surface area contributed by atoms with Crippen molar-refractivity contribution in [2.24, 2.45) is 23.7 Å². The molecular formula is C21H20N2O2SSi. The Morgan fingerprint density at radius 2 is 1.78 bits per heavy atom. The van der Waals surface area contributed by atoms with E-state index in [0.29, 0.717) is 5.13 Å². The maximum atomic E-state index is 13.0. The average Bonchev–Trinajstić information content (AvgIpc) is 3.34. The van der Waals surface area contributed by atoms with Crippen molar-refractivity contribution < 1.29 is 9.59 Å². The van der Waals surface area contributed by atoms with E-state index in [1.54, 1.807) is 0 Å². The lowest BCUT2D eigenvalue weighted by Gasteiger charge is -2.14. The number of nitrogens with zero attached hydrogens (tertiary/aromatic N) is 2. The molecule has 2 unspecified atom stereocenters. The zero-order chi connectivity index (χ0) is 18.9. The maximum absolute atomic E-state index is 13.0. The van der Waals surface area contributed by atoms with Gasteiger partial charge in [0, 0.05) is 5.56 Å². The molecule has 2 heterocycles. The number of thiazole rings is 1. The van der Waals surface area contributed by atoms with Crippen LogP contribution in [0, 0.1) is 35.1 Å². The third kappa shape index (κ3) is 2.60. The molecule has 1 aromatic heterocycles. The van der Waals surface area contributed by atoms with Crippen LogP contribution in [-0.2, 0) is 9.59 Å². The quantitative estimate of drug-likeness (QED) is 0.321. The lowest BCUT2D eigenvalue weighted by molar-refractivity contribution is -0.123. The van der Waals surface area contributed by atoms with Gasteiger partial charge in [-0.2, -0.15) is 0 Å². The highest BCUT2D eigenvalue weighted by atomic mass is 32.1. The number of fused-ring (bicyclic) bond motifs is 6. The number of anilines is 1. The highest BCUT2D eigenvalue weighted by Gasteiger charge is 2.60. The molecular weight excluding hydrogens is 372 g/mol. The largest absolute Gasteiger partial charge is 0.274 e. The van der Waals surface area contributed by atoms with Gasteiger partial charge < -0.3 is 0 Å². The minimum atomic E-state index is -1.44. The second-order valence-electron chi connectivity index (χ2n) is 8.69. The Hall–Kier alpha value is -2.23. The summed E-state index contributed by atoms with van der Waals surface area (Å²) in [5.41, 5.74) is 5.14. The normalized spacial score (nSPS) is 28.8. The van der Waals surface area contributed by atoms with Crippen LogP contribution < -0.4 is 4.90 Å². The van der Waals surface area contributed by atoms with Gasteiger partial charge in [-0.3, -0.25) is 9.59 Å². The number of amides is 2. The van der Waals surface area contributed by atoms with E-state index < -0.39 is 8.07 Å². The SMILES string of the molecule is C[Si](C)(C)C#Cc1ccc2nc(N3C(=O)[C@@H]4C5C=CC(C5)[C@@H]4C3=O)sc2c1. The van der Waals surface area contributed by atoms with E-state index in [2.05, 4.69) is 48.2 Å². The van der Waals surface area contributed by atoms with Crippen molar-refractivity contribution in [3.8, 4) is 11.5 Å². The van der Waals surface area contributed by atoms with Crippen molar-refractivity contribution >= 4 is 46.6 Å². The van der Waals surface area contributed by atoms with Crippen LogP contribution in [0.3, 0.4) is 0 Å². The molecule has 6 heteroatoms. The molecule has 1 saturated carbocycles. The molecule has 1 saturated heterocycles. The first kappa shape index (κ1) is 16.9. The molecule has 1 aliphatic heterocycles. The topological polar surface area (TPSA) is 50.3 Å². The molecule has 136 valence electrons. The number of carbonyl (C=O) groups is 2. The van der Waals surface area contributed by atoms with Crippen molar-refractivity contribution in [1.82, 2.24) is 4.98 Å². The van der Waals surface area contributed by atoms with Gasteiger partial charge in [0.2, 0.25) is 11.8 Å². The second kappa shape index (κ2) is 5.63. The van der Waals surface area contributed by atoms with Crippen molar-refractivity contribution in [2.45, 2.75) is 26.1 Å². The van der Waals surface area contributed by atoms with Gasteiger partial charge in [-0.05, 0) is 36.5 Å². The molecule has 27 heavy (non-hydrogen) atoms. The number of carbonyl (C=O) groups excluding carboxylic acids is 2. The Morgan fingerprint density at radius 1 is 1.11 bits per heavy atom. The molecule has 2 aromatic rings. The standard InChI is InChI=1S/C21H20N2O2SSi/c1-27(2,3)9-8-12-4-7-15-16(10-12)26-21(22-15)23-19(24)17-13-5-6-14(11-13)18(17)20(23)25/h4-7,10,13-14,17-18H,11H2,1-3H3/t13?,14?,17-,18+. The van der Waals surface area contributed by atoms with Gasteiger partial charge in [-0.1, -0.05) is 49.1 Å². The van der Waals surface area contributed by atoms with Crippen LogP contribution in [0.4, 0.5) is 5.13 Å². The van der Waals surface area contributed by atoms with Gasteiger partial charge >= 0.3 is 0 Å². The van der Waals surface area contributed by atoms with Crippen LogP contribution >= 0.6 is 11.3 Å². The molecule has 0 radical (unpaired) electrons. The van der Waals surface area contributed by atoms with Crippen LogP contribution in [-0.4, -0.2) is 24.9 Å². The van der Waals surface area contributed by atoms with Gasteiger partial charge in [0.1, 0.15) is 8.07 Å². The Kier molecular flexibility index (Phi) is 3.53. The van der Waals surface area contributed by atoms with Crippen LogP contribution in [0.15, 0.2) is 30.4 Å². The Labute approximate surface area is 163 Å². The number of imide groups is 1. The van der Waals surface area contributed by atoms with Crippen LogP contribution in [0.25, 0.3) is 10.2 Å². The lowest BCUT2D eigenvalue weighted by Crippen LogP contribution is -2.32. The summed E-state index contributed by atoms with van der Waals surface area (Å²) in [6, 6.07) is 5.91. The zero-order valence-corrected chi connectivity index (χ0v) is 17.3. The molecule has 5 rings (SSSR count). The third-order valence-corrected chi connectivity index (χ3v) is 7.50. The Morgan fingerprint density at radius 3 is 2.41 bits per heavy atom. The van der Waals surface area contributed by atoms with Crippen molar-refractivity contribution in [2.75, 3.05) is 4.90 Å². The number of allylic oxidation sites excluding steroid dienone is 2. The summed E-state index contributed by atoms with van der Waals surface area (Å²) >= 11 is 1.41. The Balaban J connectivity index is 1.50. The molecule has 2 bridgehead atoms. The minimum absolute atomic E-state index is 0.0698. The fraction of sp³-hybridized carbons (Fsp3) is 0.381. The van der Waals surface area contributed by atoms with Gasteiger partial charge in [0.25, 0.3) is 0 Å². The zero-order valence-electron chi connectivity index (χ0n) is 15.5. The van der Waals surface area contributed by atoms with Crippen molar-refractivity contribution in [3.05, 3.63) is 35.9 Å². The molecule has 3 aliphatic rings. The summed E-state index contributed by atoms with van der Waals surface area (Å²) in [6.07, 6.45) is 5.17. The van der Waals surface area contributed by atoms with Crippen LogP contribution in [0.5, 0.6) is 0 Å². The van der Waals surface area contributed by atoms with Gasteiger partial charge in [-0.15, -0.1) is 5.54 Å². The summed E-state index contributed by atoms with van der Waals surface area (Å²) in [5, 5.41) is 0.504. The van der Waals surface area contributed by atoms with Crippen molar-refractivity contribution in [1.29, 1.82) is 0 Å². The maximum Gasteiger partial charge on any atom is 0.240 e. The van der Waals surface area contributed by atoms with E-state index in [0.717, 1.165) is 22.2 Å². The summed E-state index contributed by atoms with van der Waals surface area (Å²) < 4.78 is 0.964. The number of hydrogen-bond donors (Lipinski definition) is 0. The molecule has 4 nitrogen and oxygen atoms in total. The molecule has 0 spiro atoms. The number of rotatable bonds is 1. The molecule has 1 aromatic carbocycles. The van der Waals surface area contributed by atoms with Gasteiger partial charge in [0.15, 0.2) is 5.13 Å². The van der Waals surface area contributed by atoms with Crippen LogP contribution in [0.1, 0.15) is 12.0 Å². The number of hydrogen-bond acceptors (Lipinski definition) is 4. The van der Waals surface area contributed by atoms with Gasteiger partial charge in [0.05, 0.1) is 22.1 Å². The van der Waals surface area contributed by atoms with E-state index in [-0.39, 0.29) is 35.5 Å². The number of aromatic nitrogens is 1. The molecule has 2 aliphatic carbocycles. The summed E-state index contributed by atoms with van der Waals surface area (Å²) in [6.45, 7) is 6.65. The predicted molar refractivity (Wildman–Crippen MR) is 110 cm³/mol.